The van der Waals surface area contributed by atoms with E-state index >= 15 is 0 Å². The summed E-state index contributed by atoms with van der Waals surface area (Å²) in [5, 5.41) is 30.0. The van der Waals surface area contributed by atoms with Gasteiger partial charge in [0.15, 0.2) is 16.8 Å². The molecule has 0 spiro atoms. The molecule has 0 aliphatic rings. The average Bonchev–Trinajstić information content (AvgIpc) is 3.48. The number of aliphatic hydroxyl groups is 1. The fourth-order valence-electron chi connectivity index (χ4n) is 3.67. The third-order valence-electron chi connectivity index (χ3n) is 5.29. The predicted octanol–water partition coefficient (Wildman–Crippen LogP) is 5.70. The van der Waals surface area contributed by atoms with E-state index in [1.54, 1.807) is 0 Å². The lowest BCUT2D eigenvalue weighted by atomic mass is 10.1. The van der Waals surface area contributed by atoms with Gasteiger partial charge in [-0.2, -0.15) is 5.26 Å². The number of benzene rings is 3. The van der Waals surface area contributed by atoms with Crippen molar-refractivity contribution in [2.24, 2.45) is 0 Å². The number of aromatic nitrogens is 5. The summed E-state index contributed by atoms with van der Waals surface area (Å²) >= 11 is 1.30. The summed E-state index contributed by atoms with van der Waals surface area (Å²) in [6.07, 6.45) is 0. The number of aliphatic hydroxyl groups excluding tert-OH is 1. The van der Waals surface area contributed by atoms with Crippen LogP contribution in [-0.4, -0.2) is 35.6 Å². The molecular formula is C26H20N6OS. The van der Waals surface area contributed by atoms with Crippen LogP contribution in [0.1, 0.15) is 11.4 Å². The van der Waals surface area contributed by atoms with Crippen LogP contribution >= 0.6 is 11.8 Å². The highest BCUT2D eigenvalue weighted by Gasteiger charge is 2.19. The highest BCUT2D eigenvalue weighted by atomic mass is 32.2. The topological polar surface area (TPSA) is 103 Å². The quantitative estimate of drug-likeness (QED) is 0.190. The largest absolute Gasteiger partial charge is 0.510 e. The molecule has 5 rings (SSSR count). The molecule has 2 aromatic heterocycles. The normalized spacial score (nSPS) is 11.9. The number of H-pyrrole nitrogens is 1. The van der Waals surface area contributed by atoms with Crippen LogP contribution in [0.5, 0.6) is 0 Å². The lowest BCUT2D eigenvalue weighted by Crippen LogP contribution is -2.01. The number of rotatable bonds is 6. The summed E-state index contributed by atoms with van der Waals surface area (Å²) in [4.78, 5) is 7.54. The molecule has 0 atom stereocenters. The second-order valence-corrected chi connectivity index (χ2v) is 8.61. The zero-order valence-electron chi connectivity index (χ0n) is 18.3. The van der Waals surface area contributed by atoms with E-state index in [0.717, 1.165) is 27.8 Å². The zero-order valence-corrected chi connectivity index (χ0v) is 19.1. The molecule has 2 heterocycles. The summed E-state index contributed by atoms with van der Waals surface area (Å²) in [5.41, 5.74) is 4.62. The Balaban J connectivity index is 1.50. The number of nitrogens with zero attached hydrogens (tertiary/aromatic N) is 5. The molecule has 0 aliphatic heterocycles. The van der Waals surface area contributed by atoms with Gasteiger partial charge in [0, 0.05) is 11.3 Å². The van der Waals surface area contributed by atoms with Crippen LogP contribution in [0.3, 0.4) is 0 Å². The fraction of sp³-hybridized carbons (Fsp3) is 0.0769. The molecule has 0 bridgehead atoms. The van der Waals surface area contributed by atoms with Gasteiger partial charge in [0.2, 0.25) is 0 Å². The molecule has 0 amide bonds. The number of hydrogen-bond acceptors (Lipinski definition) is 6. The van der Waals surface area contributed by atoms with Gasteiger partial charge < -0.3 is 10.1 Å². The van der Waals surface area contributed by atoms with Crippen molar-refractivity contribution in [1.29, 1.82) is 5.26 Å². The van der Waals surface area contributed by atoms with Gasteiger partial charge in [0.05, 0.1) is 16.8 Å². The van der Waals surface area contributed by atoms with Crippen LogP contribution in [0.15, 0.2) is 89.8 Å². The van der Waals surface area contributed by atoms with Crippen LogP contribution in [-0.2, 0) is 0 Å². The number of fused-ring (bicyclic) bond motifs is 1. The van der Waals surface area contributed by atoms with E-state index in [-0.39, 0.29) is 17.1 Å². The monoisotopic (exact) mass is 464 g/mol. The summed E-state index contributed by atoms with van der Waals surface area (Å²) in [6, 6.07) is 27.5. The Morgan fingerprint density at radius 3 is 2.59 bits per heavy atom. The van der Waals surface area contributed by atoms with Crippen molar-refractivity contribution >= 4 is 28.4 Å². The van der Waals surface area contributed by atoms with E-state index in [2.05, 4.69) is 32.3 Å². The Bertz CT molecular complexity index is 1510. The maximum absolute atomic E-state index is 10.8. The SMILES string of the molecule is Cc1cccc(-c2nnc(SC/C(O)=C(\C#N)c3nc4ccccc4[nH]3)n2-c2ccccc2)c1. The van der Waals surface area contributed by atoms with Crippen molar-refractivity contribution in [3.63, 3.8) is 0 Å². The maximum atomic E-state index is 10.8. The van der Waals surface area contributed by atoms with Crippen LogP contribution in [0.2, 0.25) is 0 Å². The minimum Gasteiger partial charge on any atom is -0.510 e. The molecular weight excluding hydrogens is 444 g/mol. The van der Waals surface area contributed by atoms with Crippen LogP contribution in [0.25, 0.3) is 33.7 Å². The fourth-order valence-corrected chi connectivity index (χ4v) is 4.50. The Labute approximate surface area is 200 Å². The van der Waals surface area contributed by atoms with Crippen molar-refractivity contribution in [3.8, 4) is 23.1 Å². The number of hydrogen-bond donors (Lipinski definition) is 2. The van der Waals surface area contributed by atoms with Gasteiger partial charge in [0.1, 0.15) is 17.4 Å². The molecule has 166 valence electrons. The lowest BCUT2D eigenvalue weighted by molar-refractivity contribution is 0.420. The number of para-hydroxylation sites is 3. The second kappa shape index (κ2) is 9.25. The summed E-state index contributed by atoms with van der Waals surface area (Å²) < 4.78 is 1.96. The Hall–Kier alpha value is -4.35. The van der Waals surface area contributed by atoms with Crippen LogP contribution in [0.4, 0.5) is 0 Å². The van der Waals surface area contributed by atoms with Crippen molar-refractivity contribution in [2.45, 2.75) is 12.1 Å². The van der Waals surface area contributed by atoms with E-state index < -0.39 is 0 Å². The highest BCUT2D eigenvalue weighted by molar-refractivity contribution is 7.99. The molecule has 0 aliphatic carbocycles. The first kappa shape index (κ1) is 21.5. The van der Waals surface area contributed by atoms with E-state index in [1.807, 2.05) is 84.3 Å². The van der Waals surface area contributed by atoms with Crippen molar-refractivity contribution in [3.05, 3.63) is 96.0 Å². The predicted molar refractivity (Wildman–Crippen MR) is 134 cm³/mol. The molecule has 3 aromatic carbocycles. The maximum Gasteiger partial charge on any atom is 0.196 e. The van der Waals surface area contributed by atoms with Gasteiger partial charge in [-0.25, -0.2) is 4.98 Å². The third kappa shape index (κ3) is 4.17. The standard InChI is InChI=1S/C26H20N6OS/c1-17-8-7-9-18(14-17)25-30-31-26(32(25)19-10-3-2-4-11-19)34-16-23(33)20(15-27)24-28-21-12-5-6-13-22(21)29-24/h2-14,33H,16H2,1H3,(H,28,29)/b23-20-. The smallest absolute Gasteiger partial charge is 0.196 e. The molecule has 5 aromatic rings. The zero-order chi connectivity index (χ0) is 23.5. The third-order valence-corrected chi connectivity index (χ3v) is 6.23. The summed E-state index contributed by atoms with van der Waals surface area (Å²) in [7, 11) is 0. The molecule has 0 unspecified atom stereocenters. The number of imidazole rings is 1. The van der Waals surface area contributed by atoms with Crippen LogP contribution < -0.4 is 0 Å². The van der Waals surface area contributed by atoms with Crippen molar-refractivity contribution in [2.75, 3.05) is 5.75 Å². The van der Waals surface area contributed by atoms with Crippen molar-refractivity contribution in [1.82, 2.24) is 24.7 Å². The number of nitrogens with one attached hydrogen (secondary N) is 1. The van der Waals surface area contributed by atoms with E-state index in [9.17, 15) is 10.4 Å². The molecule has 2 N–H and O–H groups in total. The Morgan fingerprint density at radius 2 is 1.82 bits per heavy atom. The number of aromatic amines is 1. The minimum absolute atomic E-state index is 0.0775. The Morgan fingerprint density at radius 1 is 1.03 bits per heavy atom. The highest BCUT2D eigenvalue weighted by Crippen LogP contribution is 2.30. The Kier molecular flexibility index (Phi) is 5.85. The van der Waals surface area contributed by atoms with Crippen LogP contribution in [0, 0.1) is 18.3 Å². The number of aryl methyl sites for hydroxylation is 1. The van der Waals surface area contributed by atoms with Gasteiger partial charge in [-0.3, -0.25) is 4.57 Å². The summed E-state index contributed by atoms with van der Waals surface area (Å²) in [5.74, 6) is 1.11. The molecule has 0 fully saturated rings. The second-order valence-electron chi connectivity index (χ2n) is 7.67. The first-order valence-electron chi connectivity index (χ1n) is 10.6. The molecule has 34 heavy (non-hydrogen) atoms. The first-order chi connectivity index (χ1) is 16.6. The van der Waals surface area contributed by atoms with E-state index in [0.29, 0.717) is 16.8 Å². The average molecular weight is 465 g/mol. The van der Waals surface area contributed by atoms with Gasteiger partial charge in [-0.05, 0) is 37.3 Å². The molecule has 0 radical (unpaired) electrons. The first-order valence-corrected chi connectivity index (χ1v) is 11.6. The van der Waals surface area contributed by atoms with E-state index in [4.69, 9.17) is 0 Å². The summed E-state index contributed by atoms with van der Waals surface area (Å²) in [6.45, 7) is 2.03. The van der Waals surface area contributed by atoms with Gasteiger partial charge in [0.25, 0.3) is 0 Å². The van der Waals surface area contributed by atoms with Crippen molar-refractivity contribution < 1.29 is 5.11 Å². The molecule has 0 saturated carbocycles. The minimum atomic E-state index is -0.0775. The van der Waals surface area contributed by atoms with E-state index in [1.165, 1.54) is 11.8 Å². The number of nitriles is 1. The van der Waals surface area contributed by atoms with Gasteiger partial charge in [-0.15, -0.1) is 10.2 Å². The lowest BCUT2D eigenvalue weighted by Gasteiger charge is -2.11. The molecule has 7 nitrogen and oxygen atoms in total. The molecule has 8 heteroatoms. The van der Waals surface area contributed by atoms with Gasteiger partial charge in [-0.1, -0.05) is 65.9 Å². The molecule has 0 saturated heterocycles. The van der Waals surface area contributed by atoms with Gasteiger partial charge >= 0.3 is 0 Å². The number of allylic oxidation sites excluding steroid dienone is 1. The number of thioether (sulfide) groups is 1.